The molecule has 2 rings (SSSR count). The number of rotatable bonds is 2. The number of aromatic nitrogens is 2. The molecule has 0 bridgehead atoms. The Kier molecular flexibility index (Phi) is 1.56. The average molecular weight is 152 g/mol. The van der Waals surface area contributed by atoms with Crippen LogP contribution in [-0.2, 0) is 6.54 Å². The summed E-state index contributed by atoms with van der Waals surface area (Å²) < 4.78 is 2.14. The molecule has 0 aliphatic heterocycles. The lowest BCUT2D eigenvalue weighted by Crippen LogP contribution is -2.37. The van der Waals surface area contributed by atoms with E-state index >= 15 is 0 Å². The molecule has 0 aromatic carbocycles. The van der Waals surface area contributed by atoms with E-state index in [1.165, 1.54) is 19.3 Å². The molecule has 0 atom stereocenters. The predicted molar refractivity (Wildman–Crippen MR) is 42.7 cm³/mol. The number of hydrogen-bond acceptors (Lipinski definition) is 1. The summed E-state index contributed by atoms with van der Waals surface area (Å²) in [6, 6.07) is 0. The number of anilines is 1. The van der Waals surface area contributed by atoms with Gasteiger partial charge in [-0.1, -0.05) is 6.42 Å². The Balaban J connectivity index is 1.95. The maximum Gasteiger partial charge on any atom is 0.243 e. The van der Waals surface area contributed by atoms with E-state index in [2.05, 4.69) is 9.55 Å². The highest BCUT2D eigenvalue weighted by atomic mass is 15.1. The van der Waals surface area contributed by atoms with Crippen molar-refractivity contribution in [2.45, 2.75) is 25.8 Å². The standard InChI is InChI=1S/C8H13N3/c9-8-5-11(6-10-8)4-7-2-1-3-7/h5-7H,1-4,9H2/p+1. The first-order valence-electron chi connectivity index (χ1n) is 4.17. The van der Waals surface area contributed by atoms with Crippen LogP contribution < -0.4 is 10.3 Å². The van der Waals surface area contributed by atoms with Crippen molar-refractivity contribution >= 4 is 5.82 Å². The normalized spacial score (nSPS) is 18.2. The number of imidazole rings is 1. The Morgan fingerprint density at radius 3 is 2.91 bits per heavy atom. The third-order valence-corrected chi connectivity index (χ3v) is 2.40. The molecule has 1 aromatic rings. The van der Waals surface area contributed by atoms with Gasteiger partial charge in [-0.25, -0.2) is 9.55 Å². The zero-order chi connectivity index (χ0) is 7.68. The maximum atomic E-state index is 5.54. The van der Waals surface area contributed by atoms with Crippen LogP contribution in [0.5, 0.6) is 0 Å². The zero-order valence-corrected chi connectivity index (χ0v) is 6.59. The van der Waals surface area contributed by atoms with Gasteiger partial charge in [0.1, 0.15) is 0 Å². The highest BCUT2D eigenvalue weighted by Gasteiger charge is 2.20. The van der Waals surface area contributed by atoms with Crippen molar-refractivity contribution in [3.05, 3.63) is 12.5 Å². The predicted octanol–water partition coefficient (Wildman–Crippen LogP) is 0.684. The summed E-state index contributed by atoms with van der Waals surface area (Å²) in [5.74, 6) is 1.65. The number of nitrogens with one attached hydrogen (secondary N) is 1. The first-order valence-corrected chi connectivity index (χ1v) is 4.17. The third kappa shape index (κ3) is 1.37. The van der Waals surface area contributed by atoms with Gasteiger partial charge in [-0.3, -0.25) is 0 Å². The van der Waals surface area contributed by atoms with Crippen molar-refractivity contribution in [2.24, 2.45) is 5.92 Å². The van der Waals surface area contributed by atoms with Crippen LogP contribution in [0.2, 0.25) is 0 Å². The lowest BCUT2D eigenvalue weighted by Gasteiger charge is -2.22. The average Bonchev–Trinajstić information content (AvgIpc) is 2.27. The Morgan fingerprint density at radius 2 is 2.45 bits per heavy atom. The van der Waals surface area contributed by atoms with Gasteiger partial charge >= 0.3 is 0 Å². The Hall–Kier alpha value is -0.990. The van der Waals surface area contributed by atoms with Gasteiger partial charge in [0.05, 0.1) is 6.54 Å². The number of H-pyrrole nitrogens is 1. The third-order valence-electron chi connectivity index (χ3n) is 2.40. The first kappa shape index (κ1) is 6.70. The molecule has 3 N–H and O–H groups in total. The smallest absolute Gasteiger partial charge is 0.243 e. The molecule has 0 unspecified atom stereocenters. The van der Waals surface area contributed by atoms with Crippen molar-refractivity contribution in [1.29, 1.82) is 0 Å². The van der Waals surface area contributed by atoms with Crippen LogP contribution in [0.4, 0.5) is 5.82 Å². The SMILES string of the molecule is Nc1c[n+](CC2CCC2)c[nH]1. The van der Waals surface area contributed by atoms with Gasteiger partial charge < -0.3 is 5.73 Å². The molecule has 0 radical (unpaired) electrons. The number of hydrogen-bond donors (Lipinski definition) is 2. The quantitative estimate of drug-likeness (QED) is 0.601. The summed E-state index contributed by atoms with van der Waals surface area (Å²) >= 11 is 0. The lowest BCUT2D eigenvalue weighted by molar-refractivity contribution is -0.703. The lowest BCUT2D eigenvalue weighted by atomic mass is 9.85. The molecule has 11 heavy (non-hydrogen) atoms. The monoisotopic (exact) mass is 152 g/mol. The van der Waals surface area contributed by atoms with Crippen LogP contribution >= 0.6 is 0 Å². The van der Waals surface area contributed by atoms with E-state index in [0.717, 1.165) is 18.3 Å². The van der Waals surface area contributed by atoms with Crippen molar-refractivity contribution < 1.29 is 4.57 Å². The van der Waals surface area contributed by atoms with Crippen molar-refractivity contribution in [2.75, 3.05) is 5.73 Å². The summed E-state index contributed by atoms with van der Waals surface area (Å²) in [7, 11) is 0. The molecule has 1 aliphatic rings. The maximum absolute atomic E-state index is 5.54. The Morgan fingerprint density at radius 1 is 1.64 bits per heavy atom. The molecule has 3 nitrogen and oxygen atoms in total. The van der Waals surface area contributed by atoms with Crippen LogP contribution in [0.3, 0.4) is 0 Å². The van der Waals surface area contributed by atoms with Crippen molar-refractivity contribution in [3.63, 3.8) is 0 Å². The van der Waals surface area contributed by atoms with Gasteiger partial charge in [0, 0.05) is 0 Å². The van der Waals surface area contributed by atoms with E-state index in [4.69, 9.17) is 5.73 Å². The van der Waals surface area contributed by atoms with E-state index in [1.54, 1.807) is 0 Å². The highest BCUT2D eigenvalue weighted by molar-refractivity contribution is 5.18. The summed E-state index contributed by atoms with van der Waals surface area (Å²) in [4.78, 5) is 2.96. The molecule has 0 amide bonds. The van der Waals surface area contributed by atoms with Crippen LogP contribution in [0.25, 0.3) is 0 Å². The molecule has 1 saturated carbocycles. The molecule has 3 heteroatoms. The molecule has 60 valence electrons. The minimum absolute atomic E-state index is 0.754. The second kappa shape index (κ2) is 2.57. The number of aromatic amines is 1. The summed E-state index contributed by atoms with van der Waals surface area (Å²) in [5.41, 5.74) is 5.54. The second-order valence-electron chi connectivity index (χ2n) is 3.35. The number of nitrogens with zero attached hydrogens (tertiary/aromatic N) is 1. The fourth-order valence-corrected chi connectivity index (χ4v) is 1.49. The van der Waals surface area contributed by atoms with E-state index in [1.807, 2.05) is 12.5 Å². The molecule has 0 saturated heterocycles. The van der Waals surface area contributed by atoms with Gasteiger partial charge in [-0.05, 0) is 18.8 Å². The summed E-state index contributed by atoms with van der Waals surface area (Å²) in [5, 5.41) is 0. The molecular formula is C8H14N3+. The van der Waals surface area contributed by atoms with E-state index in [9.17, 15) is 0 Å². The van der Waals surface area contributed by atoms with Gasteiger partial charge in [0.15, 0.2) is 6.20 Å². The van der Waals surface area contributed by atoms with Crippen LogP contribution in [0.1, 0.15) is 19.3 Å². The van der Waals surface area contributed by atoms with Crippen LogP contribution in [-0.4, -0.2) is 4.98 Å². The Labute approximate surface area is 66.2 Å². The van der Waals surface area contributed by atoms with Gasteiger partial charge in [0.2, 0.25) is 12.1 Å². The minimum atomic E-state index is 0.754. The molecule has 1 aliphatic carbocycles. The molecule has 1 heterocycles. The van der Waals surface area contributed by atoms with Crippen LogP contribution in [0, 0.1) is 5.92 Å². The highest BCUT2D eigenvalue weighted by Crippen LogP contribution is 2.26. The number of nitrogens with two attached hydrogens (primary N) is 1. The van der Waals surface area contributed by atoms with Gasteiger partial charge in [-0.2, -0.15) is 0 Å². The molecule has 1 aromatic heterocycles. The number of nitrogen functional groups attached to an aromatic ring is 1. The molecule has 0 spiro atoms. The zero-order valence-electron chi connectivity index (χ0n) is 6.59. The van der Waals surface area contributed by atoms with Crippen molar-refractivity contribution in [3.8, 4) is 0 Å². The largest absolute Gasteiger partial charge is 0.363 e. The molecule has 1 fully saturated rings. The van der Waals surface area contributed by atoms with Gasteiger partial charge in [0.25, 0.3) is 0 Å². The fraction of sp³-hybridized carbons (Fsp3) is 0.625. The fourth-order valence-electron chi connectivity index (χ4n) is 1.49. The van der Waals surface area contributed by atoms with E-state index in [0.29, 0.717) is 0 Å². The molecular weight excluding hydrogens is 138 g/mol. The Bertz CT molecular complexity index is 237. The van der Waals surface area contributed by atoms with Crippen LogP contribution in [0.15, 0.2) is 12.5 Å². The van der Waals surface area contributed by atoms with Crippen molar-refractivity contribution in [1.82, 2.24) is 4.98 Å². The first-order chi connectivity index (χ1) is 5.34. The van der Waals surface area contributed by atoms with E-state index < -0.39 is 0 Å². The topological polar surface area (TPSA) is 45.7 Å². The van der Waals surface area contributed by atoms with E-state index in [-0.39, 0.29) is 0 Å². The minimum Gasteiger partial charge on any atom is -0.363 e. The van der Waals surface area contributed by atoms with Gasteiger partial charge in [-0.15, -0.1) is 0 Å². The summed E-state index contributed by atoms with van der Waals surface area (Å²) in [6.07, 6.45) is 8.08. The second-order valence-corrected chi connectivity index (χ2v) is 3.35. The summed E-state index contributed by atoms with van der Waals surface area (Å²) in [6.45, 7) is 1.13.